The molecule has 1 spiro atoms. The van der Waals surface area contributed by atoms with E-state index in [0.717, 1.165) is 18.8 Å². The summed E-state index contributed by atoms with van der Waals surface area (Å²) >= 11 is 0. The van der Waals surface area contributed by atoms with Crippen LogP contribution in [0.1, 0.15) is 31.9 Å². The molecule has 1 N–H and O–H groups in total. The zero-order chi connectivity index (χ0) is 29.4. The van der Waals surface area contributed by atoms with Crippen LogP contribution in [0.3, 0.4) is 0 Å². The van der Waals surface area contributed by atoms with Gasteiger partial charge in [-0.1, -0.05) is 54.6 Å². The van der Waals surface area contributed by atoms with Gasteiger partial charge in [0.25, 0.3) is 5.91 Å². The summed E-state index contributed by atoms with van der Waals surface area (Å²) in [6.07, 6.45) is 7.20. The quantitative estimate of drug-likeness (QED) is 0.402. The maximum Gasteiger partial charge on any atom is 0.312 e. The Morgan fingerprint density at radius 3 is 2.43 bits per heavy atom. The van der Waals surface area contributed by atoms with Crippen LogP contribution in [0, 0.1) is 11.8 Å². The van der Waals surface area contributed by atoms with Gasteiger partial charge in [0, 0.05) is 31.0 Å². The molecule has 2 fully saturated rings. The van der Waals surface area contributed by atoms with Gasteiger partial charge in [-0.2, -0.15) is 0 Å². The fraction of sp³-hybridized carbons (Fsp3) is 0.424. The summed E-state index contributed by atoms with van der Waals surface area (Å²) in [4.78, 5) is 47.9. The van der Waals surface area contributed by atoms with Crippen molar-refractivity contribution in [2.45, 2.75) is 44.1 Å². The van der Waals surface area contributed by atoms with Crippen LogP contribution >= 0.6 is 0 Å². The molecule has 1 unspecified atom stereocenters. The fourth-order valence-electron chi connectivity index (χ4n) is 7.08. The van der Waals surface area contributed by atoms with E-state index in [1.54, 1.807) is 11.0 Å². The van der Waals surface area contributed by atoms with Crippen molar-refractivity contribution in [3.05, 3.63) is 84.5 Å². The molecule has 4 aliphatic rings. The number of hydrogen-bond acceptors (Lipinski definition) is 7. The summed E-state index contributed by atoms with van der Waals surface area (Å²) in [6, 6.07) is 15.1. The van der Waals surface area contributed by atoms with Gasteiger partial charge in [-0.15, -0.1) is 0 Å². The van der Waals surface area contributed by atoms with Gasteiger partial charge >= 0.3 is 5.97 Å². The van der Waals surface area contributed by atoms with E-state index in [4.69, 9.17) is 9.47 Å². The lowest BCUT2D eigenvalue weighted by Crippen LogP contribution is -2.56. The molecule has 2 amide bonds. The maximum atomic E-state index is 14.7. The number of benzene rings is 2. The first-order valence-corrected chi connectivity index (χ1v) is 14.8. The van der Waals surface area contributed by atoms with Gasteiger partial charge < -0.3 is 29.3 Å². The fourth-order valence-corrected chi connectivity index (χ4v) is 7.08. The molecule has 9 nitrogen and oxygen atoms in total. The second-order valence-electron chi connectivity index (χ2n) is 11.1. The maximum absolute atomic E-state index is 14.7. The normalized spacial score (nSPS) is 29.3. The summed E-state index contributed by atoms with van der Waals surface area (Å²) in [5, 5.41) is 10.7. The van der Waals surface area contributed by atoms with E-state index in [0.29, 0.717) is 17.7 Å². The van der Waals surface area contributed by atoms with Gasteiger partial charge in [-0.05, 0) is 50.1 Å². The van der Waals surface area contributed by atoms with Crippen molar-refractivity contribution in [2.24, 2.45) is 11.8 Å². The topological polar surface area (TPSA) is 99.6 Å². The Hall–Kier alpha value is -3.95. The van der Waals surface area contributed by atoms with Crippen LogP contribution in [0.25, 0.3) is 0 Å². The van der Waals surface area contributed by atoms with Gasteiger partial charge in [0.2, 0.25) is 5.91 Å². The van der Waals surface area contributed by atoms with E-state index in [1.165, 1.54) is 4.90 Å². The summed E-state index contributed by atoms with van der Waals surface area (Å²) in [6.45, 7) is 6.01. The summed E-state index contributed by atoms with van der Waals surface area (Å²) in [5.74, 6) is -3.13. The number of nitrogens with zero attached hydrogens (tertiary/aromatic N) is 3. The van der Waals surface area contributed by atoms with Crippen LogP contribution in [0.4, 0.5) is 11.4 Å². The number of likely N-dealkylation sites (tertiary alicyclic amines) is 1. The predicted octanol–water partition coefficient (Wildman–Crippen LogP) is 3.25. The third-order valence-electron chi connectivity index (χ3n) is 9.04. The first-order chi connectivity index (χ1) is 20.4. The zero-order valence-corrected chi connectivity index (χ0v) is 24.0. The monoisotopic (exact) mass is 571 g/mol. The molecule has 4 heterocycles. The van der Waals surface area contributed by atoms with E-state index in [1.807, 2.05) is 72.8 Å². The Labute approximate surface area is 246 Å². The van der Waals surface area contributed by atoms with Gasteiger partial charge in [-0.3, -0.25) is 14.4 Å². The number of esters is 1. The van der Waals surface area contributed by atoms with Crippen molar-refractivity contribution in [1.82, 2.24) is 4.90 Å². The van der Waals surface area contributed by atoms with Crippen molar-refractivity contribution < 1.29 is 29.0 Å². The van der Waals surface area contributed by atoms with Gasteiger partial charge in [0.1, 0.15) is 17.6 Å². The standard InChI is InChI=1S/C33H37N3O6/c1-3-34(4-2)23-14-16-24(17-15-23)35-19-10-18-33-28(27-26(42-33)13-8-9-20-41-32(27)40)30(38)36(29(33)31(35)39)25(21-37)22-11-6-5-7-12-22/h5-8,10-18,25-29,37H,3-4,9,19-21H2,1-2H3/t25-,26-,27+,28+,29?,33+/m1/s1. The molecule has 42 heavy (non-hydrogen) atoms. The highest BCUT2D eigenvalue weighted by molar-refractivity contribution is 6.05. The van der Waals surface area contributed by atoms with E-state index in [9.17, 15) is 19.5 Å². The first-order valence-electron chi connectivity index (χ1n) is 14.8. The average Bonchev–Trinajstić information content (AvgIpc) is 3.38. The third kappa shape index (κ3) is 4.42. The number of hydrogen-bond donors (Lipinski definition) is 1. The molecule has 2 aromatic carbocycles. The van der Waals surface area contributed by atoms with Crippen molar-refractivity contribution in [3.63, 3.8) is 0 Å². The molecule has 6 atom stereocenters. The van der Waals surface area contributed by atoms with Crippen molar-refractivity contribution in [3.8, 4) is 0 Å². The Balaban J connectivity index is 1.46. The van der Waals surface area contributed by atoms with Crippen molar-refractivity contribution >= 4 is 29.2 Å². The van der Waals surface area contributed by atoms with Crippen molar-refractivity contribution in [1.29, 1.82) is 0 Å². The number of carbonyl (C=O) groups excluding carboxylic acids is 3. The van der Waals surface area contributed by atoms with Gasteiger partial charge in [0.15, 0.2) is 0 Å². The van der Waals surface area contributed by atoms with Crippen LogP contribution in [-0.4, -0.2) is 78.4 Å². The Kier molecular flexibility index (Phi) is 7.64. The molecule has 0 saturated carbocycles. The molecule has 6 rings (SSSR count). The van der Waals surface area contributed by atoms with Crippen LogP contribution < -0.4 is 9.80 Å². The summed E-state index contributed by atoms with van der Waals surface area (Å²) < 4.78 is 12.2. The molecule has 2 saturated heterocycles. The Morgan fingerprint density at radius 1 is 1.00 bits per heavy atom. The zero-order valence-electron chi connectivity index (χ0n) is 24.0. The Morgan fingerprint density at radius 2 is 1.74 bits per heavy atom. The van der Waals surface area contributed by atoms with Gasteiger partial charge in [-0.25, -0.2) is 0 Å². The molecule has 2 aromatic rings. The largest absolute Gasteiger partial charge is 0.465 e. The lowest BCUT2D eigenvalue weighted by Gasteiger charge is -2.38. The molecular weight excluding hydrogens is 534 g/mol. The molecule has 9 heteroatoms. The van der Waals surface area contributed by atoms with E-state index in [2.05, 4.69) is 18.7 Å². The summed E-state index contributed by atoms with van der Waals surface area (Å²) in [7, 11) is 0. The molecule has 4 aliphatic heterocycles. The van der Waals surface area contributed by atoms with Gasteiger partial charge in [0.05, 0.1) is 31.3 Å². The van der Waals surface area contributed by atoms with Crippen LogP contribution in [0.5, 0.6) is 0 Å². The average molecular weight is 572 g/mol. The number of cyclic esters (lactones) is 1. The highest BCUT2D eigenvalue weighted by atomic mass is 16.6. The first kappa shape index (κ1) is 28.2. The van der Waals surface area contributed by atoms with E-state index in [-0.39, 0.29) is 19.1 Å². The number of fused-ring (bicyclic) bond motifs is 2. The number of ether oxygens (including phenoxy) is 2. The predicted molar refractivity (Wildman–Crippen MR) is 158 cm³/mol. The van der Waals surface area contributed by atoms with Crippen LogP contribution in [0.2, 0.25) is 0 Å². The second-order valence-corrected chi connectivity index (χ2v) is 11.1. The van der Waals surface area contributed by atoms with Crippen molar-refractivity contribution in [2.75, 3.05) is 42.6 Å². The number of anilines is 2. The van der Waals surface area contributed by atoms with E-state index >= 15 is 0 Å². The lowest BCUT2D eigenvalue weighted by atomic mass is 9.77. The molecule has 0 radical (unpaired) electrons. The van der Waals surface area contributed by atoms with Crippen LogP contribution in [0.15, 0.2) is 78.9 Å². The molecular formula is C33H37N3O6. The number of aliphatic hydroxyl groups excluding tert-OH is 1. The number of amides is 2. The second kappa shape index (κ2) is 11.4. The third-order valence-corrected chi connectivity index (χ3v) is 9.04. The Bertz CT molecular complexity index is 1390. The SMILES string of the molecule is CCN(CC)c1ccc(N2CC=C[C@]34O[C@@H]5C=CCCOC(=O)[C@@H]5[C@H]3C(=O)N([C@H](CO)c3ccccc3)C4C2=O)cc1. The minimum atomic E-state index is -1.41. The highest BCUT2D eigenvalue weighted by Crippen LogP contribution is 2.55. The smallest absolute Gasteiger partial charge is 0.312 e. The molecule has 0 aliphatic carbocycles. The minimum Gasteiger partial charge on any atom is -0.465 e. The molecule has 0 bridgehead atoms. The van der Waals surface area contributed by atoms with E-state index < -0.39 is 54.1 Å². The number of carbonyl (C=O) groups is 3. The lowest BCUT2D eigenvalue weighted by molar-refractivity contribution is -0.155. The minimum absolute atomic E-state index is 0.217. The summed E-state index contributed by atoms with van der Waals surface area (Å²) in [5.41, 5.74) is 1.03. The number of rotatable bonds is 7. The number of aliphatic hydroxyl groups is 1. The molecule has 220 valence electrons. The molecule has 0 aromatic heterocycles. The highest BCUT2D eigenvalue weighted by Gasteiger charge is 2.72. The van der Waals surface area contributed by atoms with Crippen LogP contribution in [-0.2, 0) is 23.9 Å².